The highest BCUT2D eigenvalue weighted by molar-refractivity contribution is 5.94. The third-order valence-corrected chi connectivity index (χ3v) is 3.78. The molecule has 0 aromatic heterocycles. The third-order valence-electron chi connectivity index (χ3n) is 3.78. The van der Waals surface area contributed by atoms with Gasteiger partial charge in [0.2, 0.25) is 0 Å². The Labute approximate surface area is 143 Å². The number of rotatable bonds is 8. The summed E-state index contributed by atoms with van der Waals surface area (Å²) in [5.74, 6) is 0.970. The van der Waals surface area contributed by atoms with Crippen LogP contribution in [0.5, 0.6) is 11.5 Å². The zero-order valence-electron chi connectivity index (χ0n) is 14.5. The van der Waals surface area contributed by atoms with Crippen LogP contribution >= 0.6 is 0 Å². The van der Waals surface area contributed by atoms with Gasteiger partial charge in [-0.15, -0.1) is 0 Å². The lowest BCUT2D eigenvalue weighted by Crippen LogP contribution is -2.30. The Bertz CT molecular complexity index is 652. The molecule has 0 heterocycles. The molecule has 2 rings (SSSR count). The highest BCUT2D eigenvalue weighted by Crippen LogP contribution is 2.27. The maximum absolute atomic E-state index is 12.3. The predicted molar refractivity (Wildman–Crippen MR) is 96.8 cm³/mol. The molecule has 0 fully saturated rings. The Morgan fingerprint density at radius 1 is 1.08 bits per heavy atom. The summed E-state index contributed by atoms with van der Waals surface area (Å²) in [5.41, 5.74) is 2.06. The van der Waals surface area contributed by atoms with E-state index < -0.39 is 6.10 Å². The van der Waals surface area contributed by atoms with Crippen molar-refractivity contribution in [3.63, 3.8) is 0 Å². The second-order valence-corrected chi connectivity index (χ2v) is 5.70. The number of ether oxygens (including phenoxy) is 2. The first-order valence-corrected chi connectivity index (χ1v) is 8.33. The lowest BCUT2D eigenvalue weighted by Gasteiger charge is -2.16. The molecular weight excluding hydrogens is 302 g/mol. The summed E-state index contributed by atoms with van der Waals surface area (Å²) in [7, 11) is 1.58. The molecular formula is C20H25NO3. The van der Waals surface area contributed by atoms with E-state index in [1.165, 1.54) is 18.4 Å². The van der Waals surface area contributed by atoms with Gasteiger partial charge < -0.3 is 14.8 Å². The zero-order valence-corrected chi connectivity index (χ0v) is 14.5. The fourth-order valence-electron chi connectivity index (χ4n) is 2.34. The molecule has 2 aromatic carbocycles. The molecule has 1 atom stereocenters. The summed E-state index contributed by atoms with van der Waals surface area (Å²) in [6.45, 7) is 3.90. The molecule has 4 heteroatoms. The molecule has 24 heavy (non-hydrogen) atoms. The van der Waals surface area contributed by atoms with Crippen molar-refractivity contribution in [1.82, 2.24) is 0 Å². The molecule has 2 aromatic rings. The Kier molecular flexibility index (Phi) is 6.67. The number of aryl methyl sites for hydroxylation is 1. The van der Waals surface area contributed by atoms with Crippen LogP contribution in [0.25, 0.3) is 0 Å². The van der Waals surface area contributed by atoms with Crippen molar-refractivity contribution in [2.45, 2.75) is 39.2 Å². The molecule has 128 valence electrons. The third kappa shape index (κ3) is 5.01. The molecule has 0 bridgehead atoms. The standard InChI is InChI=1S/C20H25NO3/c1-4-5-8-16-11-13-17(14-12-16)21-20(22)15(2)24-19-10-7-6-9-18(19)23-3/h6-7,9-15H,4-5,8H2,1-3H3,(H,21,22). The minimum Gasteiger partial charge on any atom is -0.493 e. The van der Waals surface area contributed by atoms with Gasteiger partial charge in [-0.25, -0.2) is 0 Å². The van der Waals surface area contributed by atoms with E-state index in [0.717, 1.165) is 12.1 Å². The first kappa shape index (κ1) is 17.9. The number of hydrogen-bond donors (Lipinski definition) is 1. The van der Waals surface area contributed by atoms with Crippen LogP contribution in [-0.2, 0) is 11.2 Å². The molecule has 0 spiro atoms. The summed E-state index contributed by atoms with van der Waals surface area (Å²) in [6, 6.07) is 15.2. The monoisotopic (exact) mass is 327 g/mol. The molecule has 1 amide bonds. The van der Waals surface area contributed by atoms with E-state index in [9.17, 15) is 4.79 Å². The number of nitrogens with one attached hydrogen (secondary N) is 1. The van der Waals surface area contributed by atoms with Gasteiger partial charge in [0.25, 0.3) is 5.91 Å². The highest BCUT2D eigenvalue weighted by Gasteiger charge is 2.16. The maximum Gasteiger partial charge on any atom is 0.265 e. The minimum absolute atomic E-state index is 0.192. The lowest BCUT2D eigenvalue weighted by molar-refractivity contribution is -0.122. The van der Waals surface area contributed by atoms with Gasteiger partial charge in [-0.2, -0.15) is 0 Å². The average molecular weight is 327 g/mol. The van der Waals surface area contributed by atoms with E-state index in [2.05, 4.69) is 24.4 Å². The lowest BCUT2D eigenvalue weighted by atomic mass is 10.1. The maximum atomic E-state index is 12.3. The van der Waals surface area contributed by atoms with Gasteiger partial charge in [-0.3, -0.25) is 4.79 Å². The van der Waals surface area contributed by atoms with Crippen molar-refractivity contribution in [2.24, 2.45) is 0 Å². The highest BCUT2D eigenvalue weighted by atomic mass is 16.5. The average Bonchev–Trinajstić information content (AvgIpc) is 2.61. The van der Waals surface area contributed by atoms with Crippen LogP contribution in [0.15, 0.2) is 48.5 Å². The molecule has 1 N–H and O–H groups in total. The Morgan fingerprint density at radius 3 is 2.38 bits per heavy atom. The van der Waals surface area contributed by atoms with Crippen molar-refractivity contribution in [3.8, 4) is 11.5 Å². The number of methoxy groups -OCH3 is 1. The number of carbonyl (C=O) groups excluding carboxylic acids is 1. The van der Waals surface area contributed by atoms with E-state index in [4.69, 9.17) is 9.47 Å². The Hall–Kier alpha value is -2.49. The summed E-state index contributed by atoms with van der Waals surface area (Å²) in [6.07, 6.45) is 2.80. The topological polar surface area (TPSA) is 47.6 Å². The number of unbranched alkanes of at least 4 members (excludes halogenated alkanes) is 1. The minimum atomic E-state index is -0.624. The fraction of sp³-hybridized carbons (Fsp3) is 0.350. The SMILES string of the molecule is CCCCc1ccc(NC(=O)C(C)Oc2ccccc2OC)cc1. The first-order chi connectivity index (χ1) is 11.6. The van der Waals surface area contributed by atoms with Crippen molar-refractivity contribution >= 4 is 11.6 Å². The molecule has 0 aliphatic rings. The summed E-state index contributed by atoms with van der Waals surface area (Å²) in [4.78, 5) is 12.3. The number of hydrogen-bond acceptors (Lipinski definition) is 3. The van der Waals surface area contributed by atoms with Gasteiger partial charge in [-0.05, 0) is 49.6 Å². The largest absolute Gasteiger partial charge is 0.493 e. The van der Waals surface area contributed by atoms with Gasteiger partial charge >= 0.3 is 0 Å². The molecule has 4 nitrogen and oxygen atoms in total. The quantitative estimate of drug-likeness (QED) is 0.779. The van der Waals surface area contributed by atoms with Crippen LogP contribution in [-0.4, -0.2) is 19.1 Å². The normalized spacial score (nSPS) is 11.6. The second kappa shape index (κ2) is 8.96. The van der Waals surface area contributed by atoms with Crippen LogP contribution in [0.2, 0.25) is 0 Å². The fourth-order valence-corrected chi connectivity index (χ4v) is 2.34. The van der Waals surface area contributed by atoms with Crippen molar-refractivity contribution in [1.29, 1.82) is 0 Å². The van der Waals surface area contributed by atoms with Crippen LogP contribution in [0.1, 0.15) is 32.3 Å². The van der Waals surface area contributed by atoms with Gasteiger partial charge in [0.05, 0.1) is 7.11 Å². The number of para-hydroxylation sites is 2. The molecule has 0 saturated carbocycles. The smallest absolute Gasteiger partial charge is 0.265 e. The molecule has 1 unspecified atom stereocenters. The van der Waals surface area contributed by atoms with Gasteiger partial charge in [-0.1, -0.05) is 37.6 Å². The van der Waals surface area contributed by atoms with Crippen LogP contribution < -0.4 is 14.8 Å². The van der Waals surface area contributed by atoms with Gasteiger partial charge in [0.15, 0.2) is 17.6 Å². The van der Waals surface area contributed by atoms with E-state index in [-0.39, 0.29) is 5.91 Å². The zero-order chi connectivity index (χ0) is 17.4. The van der Waals surface area contributed by atoms with Gasteiger partial charge in [0.1, 0.15) is 0 Å². The number of amides is 1. The van der Waals surface area contributed by atoms with E-state index >= 15 is 0 Å². The first-order valence-electron chi connectivity index (χ1n) is 8.33. The molecule has 0 radical (unpaired) electrons. The summed E-state index contributed by atoms with van der Waals surface area (Å²) in [5, 5.41) is 2.88. The Balaban J connectivity index is 1.93. The number of anilines is 1. The summed E-state index contributed by atoms with van der Waals surface area (Å²) >= 11 is 0. The Morgan fingerprint density at radius 2 is 1.75 bits per heavy atom. The van der Waals surface area contributed by atoms with E-state index in [1.807, 2.05) is 24.3 Å². The van der Waals surface area contributed by atoms with E-state index in [0.29, 0.717) is 11.5 Å². The van der Waals surface area contributed by atoms with Crippen molar-refractivity contribution in [3.05, 3.63) is 54.1 Å². The number of carbonyl (C=O) groups is 1. The van der Waals surface area contributed by atoms with E-state index in [1.54, 1.807) is 26.2 Å². The van der Waals surface area contributed by atoms with Crippen LogP contribution in [0.4, 0.5) is 5.69 Å². The molecule has 0 aliphatic carbocycles. The second-order valence-electron chi connectivity index (χ2n) is 5.70. The van der Waals surface area contributed by atoms with Crippen LogP contribution in [0.3, 0.4) is 0 Å². The summed E-state index contributed by atoms with van der Waals surface area (Å²) < 4.78 is 10.9. The van der Waals surface area contributed by atoms with Crippen LogP contribution in [0, 0.1) is 0 Å². The van der Waals surface area contributed by atoms with Crippen molar-refractivity contribution < 1.29 is 14.3 Å². The molecule has 0 saturated heterocycles. The number of benzene rings is 2. The van der Waals surface area contributed by atoms with Gasteiger partial charge in [0, 0.05) is 5.69 Å². The predicted octanol–water partition coefficient (Wildman–Crippen LogP) is 4.44. The molecule has 0 aliphatic heterocycles. The van der Waals surface area contributed by atoms with Crippen molar-refractivity contribution in [2.75, 3.05) is 12.4 Å².